The van der Waals surface area contributed by atoms with E-state index in [1.807, 2.05) is 0 Å². The number of nitrogens with zero attached hydrogens (tertiary/aromatic N) is 1. The Morgan fingerprint density at radius 3 is 2.25 bits per heavy atom. The Bertz CT molecular complexity index is 457. The van der Waals surface area contributed by atoms with Gasteiger partial charge < -0.3 is 14.4 Å². The summed E-state index contributed by atoms with van der Waals surface area (Å²) in [4.78, 5) is 2.55. The van der Waals surface area contributed by atoms with Gasteiger partial charge in [0.05, 0.1) is 13.2 Å². The predicted octanol–water partition coefficient (Wildman–Crippen LogP) is 3.20. The summed E-state index contributed by atoms with van der Waals surface area (Å²) in [7, 11) is 0. The summed E-state index contributed by atoms with van der Waals surface area (Å²) in [6, 6.07) is 10.8. The number of anilines is 1. The SMILES string of the molecule is c1ccc(N2CCC3(CCC4(CC3)OCCO4)C2)cc1. The van der Waals surface area contributed by atoms with Crippen molar-refractivity contribution in [1.29, 1.82) is 0 Å². The second kappa shape index (κ2) is 4.74. The van der Waals surface area contributed by atoms with Gasteiger partial charge in [-0.1, -0.05) is 18.2 Å². The number of benzene rings is 1. The van der Waals surface area contributed by atoms with Gasteiger partial charge >= 0.3 is 0 Å². The van der Waals surface area contributed by atoms with Crippen LogP contribution >= 0.6 is 0 Å². The van der Waals surface area contributed by atoms with Crippen molar-refractivity contribution in [2.24, 2.45) is 5.41 Å². The van der Waals surface area contributed by atoms with Crippen LogP contribution in [0.5, 0.6) is 0 Å². The van der Waals surface area contributed by atoms with Crippen molar-refractivity contribution >= 4 is 5.69 Å². The molecule has 0 atom stereocenters. The average Bonchev–Trinajstić information content (AvgIpc) is 3.12. The topological polar surface area (TPSA) is 21.7 Å². The number of para-hydroxylation sites is 1. The zero-order chi connectivity index (χ0) is 13.5. The van der Waals surface area contributed by atoms with Crippen molar-refractivity contribution < 1.29 is 9.47 Å². The molecule has 4 rings (SSSR count). The lowest BCUT2D eigenvalue weighted by atomic mass is 9.71. The minimum absolute atomic E-state index is 0.217. The summed E-state index contributed by atoms with van der Waals surface area (Å²) < 4.78 is 11.7. The molecule has 1 aliphatic carbocycles. The molecule has 0 unspecified atom stereocenters. The molecule has 1 aromatic rings. The summed E-state index contributed by atoms with van der Waals surface area (Å²) in [6.07, 6.45) is 5.97. The van der Waals surface area contributed by atoms with E-state index in [4.69, 9.17) is 9.47 Å². The van der Waals surface area contributed by atoms with E-state index in [1.54, 1.807) is 0 Å². The monoisotopic (exact) mass is 273 g/mol. The normalized spacial score (nSPS) is 27.5. The molecule has 2 heterocycles. The first-order chi connectivity index (χ1) is 9.79. The zero-order valence-corrected chi connectivity index (χ0v) is 12.0. The van der Waals surface area contributed by atoms with Gasteiger partial charge in [-0.25, -0.2) is 0 Å². The summed E-state index contributed by atoms with van der Waals surface area (Å²) in [5.41, 5.74) is 1.87. The molecule has 3 aliphatic rings. The third-order valence-electron chi connectivity index (χ3n) is 5.45. The van der Waals surface area contributed by atoms with Crippen LogP contribution in [-0.2, 0) is 9.47 Å². The Morgan fingerprint density at radius 1 is 0.850 bits per heavy atom. The molecule has 2 spiro atoms. The van der Waals surface area contributed by atoms with E-state index in [0.717, 1.165) is 26.1 Å². The summed E-state index contributed by atoms with van der Waals surface area (Å²) in [6.45, 7) is 3.96. The lowest BCUT2D eigenvalue weighted by Crippen LogP contribution is -2.41. The van der Waals surface area contributed by atoms with Gasteiger partial charge in [0.1, 0.15) is 0 Å². The Morgan fingerprint density at radius 2 is 1.55 bits per heavy atom. The quantitative estimate of drug-likeness (QED) is 0.784. The number of hydrogen-bond acceptors (Lipinski definition) is 3. The van der Waals surface area contributed by atoms with Gasteiger partial charge in [-0.3, -0.25) is 0 Å². The van der Waals surface area contributed by atoms with Crippen LogP contribution in [0.1, 0.15) is 32.1 Å². The molecule has 0 radical (unpaired) electrons. The minimum Gasteiger partial charge on any atom is -0.371 e. The van der Waals surface area contributed by atoms with Gasteiger partial charge in [0.25, 0.3) is 0 Å². The van der Waals surface area contributed by atoms with Gasteiger partial charge in [-0.05, 0) is 36.8 Å². The second-order valence-electron chi connectivity index (χ2n) is 6.61. The first-order valence-electron chi connectivity index (χ1n) is 7.87. The zero-order valence-electron chi connectivity index (χ0n) is 12.0. The van der Waals surface area contributed by atoms with Crippen molar-refractivity contribution in [3.63, 3.8) is 0 Å². The van der Waals surface area contributed by atoms with E-state index in [9.17, 15) is 0 Å². The lowest BCUT2D eigenvalue weighted by Gasteiger charge is -2.41. The van der Waals surface area contributed by atoms with E-state index in [1.165, 1.54) is 38.0 Å². The van der Waals surface area contributed by atoms with Crippen molar-refractivity contribution in [2.75, 3.05) is 31.2 Å². The third kappa shape index (κ3) is 2.13. The first-order valence-corrected chi connectivity index (χ1v) is 7.87. The smallest absolute Gasteiger partial charge is 0.168 e. The van der Waals surface area contributed by atoms with E-state index in [0.29, 0.717) is 5.41 Å². The van der Waals surface area contributed by atoms with Crippen LogP contribution < -0.4 is 4.90 Å². The molecular weight excluding hydrogens is 250 g/mol. The average molecular weight is 273 g/mol. The largest absolute Gasteiger partial charge is 0.371 e. The fourth-order valence-corrected chi connectivity index (χ4v) is 4.15. The highest BCUT2D eigenvalue weighted by atomic mass is 16.7. The summed E-state index contributed by atoms with van der Waals surface area (Å²) in [5.74, 6) is -0.217. The Kier molecular flexibility index (Phi) is 3.00. The van der Waals surface area contributed by atoms with Crippen LogP contribution in [0, 0.1) is 5.41 Å². The molecule has 1 saturated carbocycles. The Labute approximate surface area is 120 Å². The highest BCUT2D eigenvalue weighted by Crippen LogP contribution is 2.49. The number of hydrogen-bond donors (Lipinski definition) is 0. The van der Waals surface area contributed by atoms with E-state index >= 15 is 0 Å². The van der Waals surface area contributed by atoms with E-state index in [-0.39, 0.29) is 5.79 Å². The van der Waals surface area contributed by atoms with Crippen LogP contribution in [0.25, 0.3) is 0 Å². The van der Waals surface area contributed by atoms with E-state index < -0.39 is 0 Å². The number of ether oxygens (including phenoxy) is 2. The molecule has 3 fully saturated rings. The molecule has 0 N–H and O–H groups in total. The maximum atomic E-state index is 5.86. The van der Waals surface area contributed by atoms with Gasteiger partial charge in [0, 0.05) is 31.6 Å². The highest BCUT2D eigenvalue weighted by molar-refractivity contribution is 5.47. The Balaban J connectivity index is 1.43. The molecule has 108 valence electrons. The highest BCUT2D eigenvalue weighted by Gasteiger charge is 2.48. The molecule has 3 heteroatoms. The van der Waals surface area contributed by atoms with E-state index in [2.05, 4.69) is 35.2 Å². The molecule has 20 heavy (non-hydrogen) atoms. The first kappa shape index (κ1) is 12.7. The maximum Gasteiger partial charge on any atom is 0.168 e. The molecule has 0 amide bonds. The molecule has 3 nitrogen and oxygen atoms in total. The van der Waals surface area contributed by atoms with Crippen molar-refractivity contribution in [1.82, 2.24) is 0 Å². The standard InChI is InChI=1S/C17H23NO2/c1-2-4-15(5-3-1)18-11-10-16(14-18)6-8-17(9-7-16)19-12-13-20-17/h1-5H,6-14H2. The van der Waals surface area contributed by atoms with Crippen LogP contribution in [0.3, 0.4) is 0 Å². The molecule has 1 aromatic carbocycles. The third-order valence-corrected chi connectivity index (χ3v) is 5.45. The molecule has 2 saturated heterocycles. The Hall–Kier alpha value is -1.06. The predicted molar refractivity (Wildman–Crippen MR) is 78.8 cm³/mol. The lowest BCUT2D eigenvalue weighted by molar-refractivity contribution is -0.190. The molecular formula is C17H23NO2. The van der Waals surface area contributed by atoms with Crippen LogP contribution in [-0.4, -0.2) is 32.1 Å². The fraction of sp³-hybridized carbons (Fsp3) is 0.647. The molecule has 0 bridgehead atoms. The second-order valence-corrected chi connectivity index (χ2v) is 6.61. The molecule has 2 aliphatic heterocycles. The van der Waals surface area contributed by atoms with Crippen molar-refractivity contribution in [3.05, 3.63) is 30.3 Å². The van der Waals surface area contributed by atoms with Gasteiger partial charge in [-0.2, -0.15) is 0 Å². The summed E-state index contributed by atoms with van der Waals surface area (Å²) in [5, 5.41) is 0. The van der Waals surface area contributed by atoms with Crippen LogP contribution in [0.2, 0.25) is 0 Å². The summed E-state index contributed by atoms with van der Waals surface area (Å²) >= 11 is 0. The fourth-order valence-electron chi connectivity index (χ4n) is 4.15. The van der Waals surface area contributed by atoms with Crippen molar-refractivity contribution in [3.8, 4) is 0 Å². The van der Waals surface area contributed by atoms with Gasteiger partial charge in [0.2, 0.25) is 0 Å². The minimum atomic E-state index is -0.217. The maximum absolute atomic E-state index is 5.86. The van der Waals surface area contributed by atoms with Crippen LogP contribution in [0.15, 0.2) is 30.3 Å². The van der Waals surface area contributed by atoms with Gasteiger partial charge in [-0.15, -0.1) is 0 Å². The van der Waals surface area contributed by atoms with Gasteiger partial charge in [0.15, 0.2) is 5.79 Å². The number of rotatable bonds is 1. The van der Waals surface area contributed by atoms with Crippen LogP contribution in [0.4, 0.5) is 5.69 Å². The van der Waals surface area contributed by atoms with Crippen molar-refractivity contribution in [2.45, 2.75) is 37.9 Å². The molecule has 0 aromatic heterocycles.